The van der Waals surface area contributed by atoms with E-state index in [1.165, 1.54) is 0 Å². The highest BCUT2D eigenvalue weighted by Gasteiger charge is 2.58. The summed E-state index contributed by atoms with van der Waals surface area (Å²) in [6.07, 6.45) is 0.123. The van der Waals surface area contributed by atoms with Crippen LogP contribution in [0.2, 0.25) is 0 Å². The minimum Gasteiger partial charge on any atom is -0.497 e. The average molecular weight is 218 g/mol. The van der Waals surface area contributed by atoms with E-state index >= 15 is 0 Å². The number of epoxide rings is 1. The Hall–Kier alpha value is -1.35. The number of carbonyl (C=O) groups is 1. The molecule has 0 amide bonds. The number of fused-ring (bicyclic) bond motifs is 3. The van der Waals surface area contributed by atoms with E-state index in [-0.39, 0.29) is 18.0 Å². The molecule has 3 heteroatoms. The summed E-state index contributed by atoms with van der Waals surface area (Å²) >= 11 is 0. The number of carbonyl (C=O) groups excluding carboxylic acids is 1. The molecule has 16 heavy (non-hydrogen) atoms. The van der Waals surface area contributed by atoms with E-state index in [2.05, 4.69) is 0 Å². The molecule has 2 atom stereocenters. The Morgan fingerprint density at radius 3 is 2.81 bits per heavy atom. The minimum atomic E-state index is -0.397. The summed E-state index contributed by atoms with van der Waals surface area (Å²) in [6, 6.07) is 5.58. The van der Waals surface area contributed by atoms with Gasteiger partial charge in [0.25, 0.3) is 0 Å². The van der Waals surface area contributed by atoms with Gasteiger partial charge < -0.3 is 9.47 Å². The van der Waals surface area contributed by atoms with E-state index in [1.54, 1.807) is 7.11 Å². The zero-order valence-corrected chi connectivity index (χ0v) is 9.61. The van der Waals surface area contributed by atoms with E-state index in [0.717, 1.165) is 16.9 Å². The maximum Gasteiger partial charge on any atom is 0.171 e. The van der Waals surface area contributed by atoms with Crippen LogP contribution in [0.5, 0.6) is 5.75 Å². The molecule has 3 rings (SSSR count). The van der Waals surface area contributed by atoms with Gasteiger partial charge in [-0.05, 0) is 37.6 Å². The molecule has 1 heterocycles. The summed E-state index contributed by atoms with van der Waals surface area (Å²) in [6.45, 7) is 3.90. The topological polar surface area (TPSA) is 38.8 Å². The summed E-state index contributed by atoms with van der Waals surface area (Å²) in [5.74, 6) is 0.949. The first-order chi connectivity index (χ1) is 7.55. The molecule has 0 N–H and O–H groups in total. The molecule has 1 fully saturated rings. The zero-order chi connectivity index (χ0) is 11.5. The van der Waals surface area contributed by atoms with Gasteiger partial charge in [0, 0.05) is 5.56 Å². The summed E-state index contributed by atoms with van der Waals surface area (Å²) in [5, 5.41) is 0. The molecule has 0 radical (unpaired) electrons. The van der Waals surface area contributed by atoms with Crippen molar-refractivity contribution in [2.45, 2.75) is 26.1 Å². The summed E-state index contributed by atoms with van der Waals surface area (Å²) in [7, 11) is 1.63. The third kappa shape index (κ3) is 1.09. The molecule has 0 bridgehead atoms. The van der Waals surface area contributed by atoms with Crippen LogP contribution in [-0.4, -0.2) is 19.0 Å². The highest BCUT2D eigenvalue weighted by Crippen LogP contribution is 2.55. The monoisotopic (exact) mass is 218 g/mol. The maximum atomic E-state index is 12.3. The fourth-order valence-corrected chi connectivity index (χ4v) is 2.48. The summed E-state index contributed by atoms with van der Waals surface area (Å²) in [5.41, 5.74) is 1.37. The second-order valence-electron chi connectivity index (χ2n) is 4.98. The Labute approximate surface area is 94.4 Å². The smallest absolute Gasteiger partial charge is 0.171 e. The van der Waals surface area contributed by atoms with Crippen molar-refractivity contribution in [1.82, 2.24) is 0 Å². The largest absolute Gasteiger partial charge is 0.497 e. The molecule has 0 spiro atoms. The van der Waals surface area contributed by atoms with Crippen molar-refractivity contribution in [3.05, 3.63) is 29.3 Å². The minimum absolute atomic E-state index is 0.0413. The van der Waals surface area contributed by atoms with Gasteiger partial charge in [-0.15, -0.1) is 0 Å². The van der Waals surface area contributed by atoms with E-state index < -0.39 is 5.41 Å². The number of ether oxygens (including phenoxy) is 2. The van der Waals surface area contributed by atoms with Gasteiger partial charge in [-0.2, -0.15) is 0 Å². The van der Waals surface area contributed by atoms with Gasteiger partial charge in [-0.1, -0.05) is 0 Å². The summed E-state index contributed by atoms with van der Waals surface area (Å²) < 4.78 is 10.8. The normalized spacial score (nSPS) is 29.3. The molecule has 1 aliphatic heterocycles. The quantitative estimate of drug-likeness (QED) is 0.679. The van der Waals surface area contributed by atoms with Crippen LogP contribution in [-0.2, 0) is 4.74 Å². The molecular weight excluding hydrogens is 204 g/mol. The number of benzene rings is 1. The van der Waals surface area contributed by atoms with Crippen molar-refractivity contribution >= 4 is 5.78 Å². The number of hydrogen-bond acceptors (Lipinski definition) is 3. The number of methoxy groups -OCH3 is 1. The van der Waals surface area contributed by atoms with Gasteiger partial charge >= 0.3 is 0 Å². The number of ketones is 1. The second-order valence-corrected chi connectivity index (χ2v) is 4.98. The lowest BCUT2D eigenvalue weighted by atomic mass is 9.73. The van der Waals surface area contributed by atoms with Gasteiger partial charge in [0.05, 0.1) is 12.5 Å². The molecule has 1 aromatic carbocycles. The predicted molar refractivity (Wildman–Crippen MR) is 58.7 cm³/mol. The van der Waals surface area contributed by atoms with Crippen molar-refractivity contribution in [1.29, 1.82) is 0 Å². The van der Waals surface area contributed by atoms with E-state index in [0.29, 0.717) is 0 Å². The van der Waals surface area contributed by atoms with Crippen LogP contribution in [0.15, 0.2) is 18.2 Å². The first kappa shape index (κ1) is 9.85. The number of hydrogen-bond donors (Lipinski definition) is 0. The molecule has 0 saturated carbocycles. The lowest BCUT2D eigenvalue weighted by Crippen LogP contribution is -2.34. The molecular formula is C13H14O3. The Morgan fingerprint density at radius 1 is 1.38 bits per heavy atom. The molecule has 0 aromatic heterocycles. The van der Waals surface area contributed by atoms with Crippen LogP contribution < -0.4 is 4.74 Å². The zero-order valence-electron chi connectivity index (χ0n) is 9.61. The Morgan fingerprint density at radius 2 is 2.12 bits per heavy atom. The fraction of sp³-hybridized carbons (Fsp3) is 0.462. The first-order valence-corrected chi connectivity index (χ1v) is 5.44. The van der Waals surface area contributed by atoms with E-state index in [1.807, 2.05) is 32.0 Å². The lowest BCUT2D eigenvalue weighted by molar-refractivity contribution is 0.0792. The second kappa shape index (κ2) is 2.86. The van der Waals surface area contributed by atoms with Crippen LogP contribution in [0, 0.1) is 5.41 Å². The average Bonchev–Trinajstić information content (AvgIpc) is 3.06. The van der Waals surface area contributed by atoms with Crippen LogP contribution >= 0.6 is 0 Å². The molecule has 0 unspecified atom stereocenters. The first-order valence-electron chi connectivity index (χ1n) is 5.44. The molecule has 1 aromatic rings. The van der Waals surface area contributed by atoms with Gasteiger partial charge in [-0.3, -0.25) is 4.79 Å². The van der Waals surface area contributed by atoms with Gasteiger partial charge in [0.2, 0.25) is 0 Å². The van der Waals surface area contributed by atoms with Gasteiger partial charge in [-0.25, -0.2) is 0 Å². The van der Waals surface area contributed by atoms with Crippen molar-refractivity contribution < 1.29 is 14.3 Å². The Bertz CT molecular complexity index is 476. The number of rotatable bonds is 1. The SMILES string of the molecule is COc1ccc2c(c1)[C@H]1O[C@H]1C(C)(C)C2=O. The standard InChI is InChI=1S/C13H14O3/c1-13(2)11(14)8-5-4-7(15-3)6-9(8)10-12(13)16-10/h4-6,10,12H,1-3H3/t10-,12-/m1/s1. The van der Waals surface area contributed by atoms with Crippen LogP contribution in [0.3, 0.4) is 0 Å². The van der Waals surface area contributed by atoms with E-state index in [9.17, 15) is 4.79 Å². The Balaban J connectivity index is 2.15. The Kier molecular flexibility index (Phi) is 1.76. The predicted octanol–water partition coefficient (Wildman–Crippen LogP) is 2.36. The number of Topliss-reactive ketones (excluding diaryl/α,β-unsaturated/α-hetero) is 1. The van der Waals surface area contributed by atoms with Crippen molar-refractivity contribution in [2.24, 2.45) is 5.41 Å². The van der Waals surface area contributed by atoms with Crippen LogP contribution in [0.25, 0.3) is 0 Å². The van der Waals surface area contributed by atoms with Crippen LogP contribution in [0.4, 0.5) is 0 Å². The van der Waals surface area contributed by atoms with Crippen molar-refractivity contribution in [2.75, 3.05) is 7.11 Å². The fourth-order valence-electron chi connectivity index (χ4n) is 2.48. The third-order valence-corrected chi connectivity index (χ3v) is 3.60. The van der Waals surface area contributed by atoms with Gasteiger partial charge in [0.15, 0.2) is 5.78 Å². The van der Waals surface area contributed by atoms with E-state index in [4.69, 9.17) is 9.47 Å². The molecule has 1 saturated heterocycles. The maximum absolute atomic E-state index is 12.3. The lowest BCUT2D eigenvalue weighted by Gasteiger charge is -2.26. The molecule has 84 valence electrons. The van der Waals surface area contributed by atoms with Crippen molar-refractivity contribution in [3.8, 4) is 5.75 Å². The molecule has 2 aliphatic rings. The van der Waals surface area contributed by atoms with Crippen LogP contribution in [0.1, 0.15) is 35.9 Å². The molecule has 3 nitrogen and oxygen atoms in total. The van der Waals surface area contributed by atoms with Gasteiger partial charge in [0.1, 0.15) is 18.0 Å². The highest BCUT2D eigenvalue weighted by atomic mass is 16.6. The highest BCUT2D eigenvalue weighted by molar-refractivity contribution is 6.03. The summed E-state index contributed by atoms with van der Waals surface area (Å²) in [4.78, 5) is 12.3. The third-order valence-electron chi connectivity index (χ3n) is 3.60. The van der Waals surface area contributed by atoms with Crippen molar-refractivity contribution in [3.63, 3.8) is 0 Å². The molecule has 1 aliphatic carbocycles.